The normalized spacial score (nSPS) is 13.3. The number of carbonyl (C=O) groups excluding carboxylic acids is 1. The molecular formula is C30H46NO3+. The molecule has 0 N–H and O–H groups in total. The molecule has 0 aliphatic rings. The van der Waals surface area contributed by atoms with E-state index >= 15 is 0 Å². The van der Waals surface area contributed by atoms with E-state index in [1.54, 1.807) is 0 Å². The molecule has 0 heterocycles. The van der Waals surface area contributed by atoms with Crippen LogP contribution in [0.5, 0.6) is 5.75 Å². The van der Waals surface area contributed by atoms with Crippen LogP contribution >= 0.6 is 0 Å². The van der Waals surface area contributed by atoms with Crippen LogP contribution in [-0.2, 0) is 22.5 Å². The molecule has 2 rings (SSSR count). The second-order valence-corrected chi connectivity index (χ2v) is 10.0. The van der Waals surface area contributed by atoms with Crippen molar-refractivity contribution in [1.29, 1.82) is 0 Å². The third-order valence-electron chi connectivity index (χ3n) is 6.64. The van der Waals surface area contributed by atoms with Crippen molar-refractivity contribution >= 4 is 5.97 Å². The zero-order valence-corrected chi connectivity index (χ0v) is 22.1. The molecule has 2 atom stereocenters. The Bertz CT molecular complexity index is 834. The van der Waals surface area contributed by atoms with Gasteiger partial charge < -0.3 is 14.0 Å². The lowest BCUT2D eigenvalue weighted by molar-refractivity contribution is -0.917. The van der Waals surface area contributed by atoms with Crippen molar-refractivity contribution in [3.63, 3.8) is 0 Å². The molecule has 0 aromatic heterocycles. The summed E-state index contributed by atoms with van der Waals surface area (Å²) in [7, 11) is 4.13. The first-order valence-electron chi connectivity index (χ1n) is 13.2. The number of hydrogen-bond donors (Lipinski definition) is 0. The minimum Gasteiger partial charge on any atom is -0.455 e. The number of esters is 1. The summed E-state index contributed by atoms with van der Waals surface area (Å²) < 4.78 is 12.4. The molecule has 0 aliphatic heterocycles. The number of benzene rings is 2. The van der Waals surface area contributed by atoms with E-state index in [1.165, 1.54) is 56.1 Å². The number of nitrogens with zero attached hydrogens (tertiary/aromatic N) is 1. The van der Waals surface area contributed by atoms with Crippen LogP contribution < -0.4 is 4.74 Å². The Hall–Kier alpha value is -2.33. The molecule has 34 heavy (non-hydrogen) atoms. The van der Waals surface area contributed by atoms with Crippen molar-refractivity contribution in [3.8, 4) is 5.75 Å². The van der Waals surface area contributed by atoms with Crippen LogP contribution in [0.25, 0.3) is 0 Å². The minimum absolute atomic E-state index is 0.230. The first kappa shape index (κ1) is 27.9. The molecule has 0 spiro atoms. The predicted molar refractivity (Wildman–Crippen MR) is 141 cm³/mol. The number of aryl methyl sites for hydroxylation is 1. The molecule has 0 fully saturated rings. The van der Waals surface area contributed by atoms with Crippen LogP contribution in [-0.4, -0.2) is 36.9 Å². The van der Waals surface area contributed by atoms with Gasteiger partial charge in [0.2, 0.25) is 6.29 Å². The maximum Gasteiger partial charge on any atom is 0.367 e. The maximum absolute atomic E-state index is 13.0. The van der Waals surface area contributed by atoms with Crippen LogP contribution in [0.4, 0.5) is 0 Å². The Morgan fingerprint density at radius 3 is 2.18 bits per heavy atom. The van der Waals surface area contributed by atoms with Crippen LogP contribution in [0.1, 0.15) is 83.3 Å². The van der Waals surface area contributed by atoms with Crippen LogP contribution in [0.2, 0.25) is 0 Å². The molecule has 2 aromatic rings. The third kappa shape index (κ3) is 9.89. The van der Waals surface area contributed by atoms with E-state index < -0.39 is 6.29 Å². The quantitative estimate of drug-likeness (QED) is 0.112. The van der Waals surface area contributed by atoms with Gasteiger partial charge in [0.05, 0.1) is 14.1 Å². The van der Waals surface area contributed by atoms with Gasteiger partial charge in [0.25, 0.3) is 0 Å². The van der Waals surface area contributed by atoms with Crippen molar-refractivity contribution in [1.82, 2.24) is 0 Å². The molecule has 2 aromatic carbocycles. The van der Waals surface area contributed by atoms with E-state index in [2.05, 4.69) is 45.3 Å². The highest BCUT2D eigenvalue weighted by atomic mass is 16.7. The number of likely N-dealkylation sites (N-methyl/N-ethyl adjacent to an activating group) is 1. The lowest BCUT2D eigenvalue weighted by Crippen LogP contribution is -2.52. The van der Waals surface area contributed by atoms with E-state index in [-0.39, 0.29) is 12.0 Å². The second kappa shape index (κ2) is 14.8. The molecule has 2 unspecified atom stereocenters. The fourth-order valence-electron chi connectivity index (χ4n) is 4.11. The SMILES string of the molecule is CCCCCCCCCc1cccc(OC(CC)OC(=O)C(C)[N+](C)(C)Cc2ccccc2)c1. The minimum atomic E-state index is -0.583. The summed E-state index contributed by atoms with van der Waals surface area (Å²) in [4.78, 5) is 13.0. The van der Waals surface area contributed by atoms with E-state index in [9.17, 15) is 4.79 Å². The van der Waals surface area contributed by atoms with Gasteiger partial charge in [0.1, 0.15) is 12.3 Å². The lowest BCUT2D eigenvalue weighted by atomic mass is 10.0. The summed E-state index contributed by atoms with van der Waals surface area (Å²) in [5.41, 5.74) is 2.48. The summed E-state index contributed by atoms with van der Waals surface area (Å²) >= 11 is 0. The van der Waals surface area contributed by atoms with Gasteiger partial charge in [-0.25, -0.2) is 4.79 Å². The molecule has 0 saturated carbocycles. The molecule has 0 amide bonds. The Morgan fingerprint density at radius 2 is 1.50 bits per heavy atom. The Balaban J connectivity index is 1.84. The van der Waals surface area contributed by atoms with Crippen molar-refractivity contribution < 1.29 is 18.8 Å². The molecule has 0 radical (unpaired) electrons. The number of unbranched alkanes of at least 4 members (excludes halogenated alkanes) is 6. The lowest BCUT2D eigenvalue weighted by Gasteiger charge is -2.35. The van der Waals surface area contributed by atoms with Gasteiger partial charge in [-0.05, 0) is 37.5 Å². The van der Waals surface area contributed by atoms with E-state index in [1.807, 2.05) is 44.2 Å². The summed E-state index contributed by atoms with van der Waals surface area (Å²) in [5.74, 6) is 0.540. The van der Waals surface area contributed by atoms with Gasteiger partial charge in [0.15, 0.2) is 6.04 Å². The van der Waals surface area contributed by atoms with Crippen molar-refractivity contribution in [2.45, 2.75) is 97.4 Å². The smallest absolute Gasteiger partial charge is 0.367 e. The van der Waals surface area contributed by atoms with Crippen molar-refractivity contribution in [3.05, 3.63) is 65.7 Å². The van der Waals surface area contributed by atoms with Gasteiger partial charge >= 0.3 is 5.97 Å². The monoisotopic (exact) mass is 468 g/mol. The summed E-state index contributed by atoms with van der Waals surface area (Å²) in [6.07, 6.45) is 10.2. The number of ether oxygens (including phenoxy) is 2. The first-order valence-corrected chi connectivity index (χ1v) is 13.2. The molecule has 4 nitrogen and oxygen atoms in total. The fourth-order valence-corrected chi connectivity index (χ4v) is 4.11. The fraction of sp³-hybridized carbons (Fsp3) is 0.567. The largest absolute Gasteiger partial charge is 0.455 e. The summed E-state index contributed by atoms with van der Waals surface area (Å²) in [6.45, 7) is 6.93. The zero-order chi connectivity index (χ0) is 24.8. The number of rotatable bonds is 16. The van der Waals surface area contributed by atoms with Gasteiger partial charge in [-0.2, -0.15) is 0 Å². The average molecular weight is 469 g/mol. The Morgan fingerprint density at radius 1 is 0.853 bits per heavy atom. The van der Waals surface area contributed by atoms with Crippen LogP contribution in [0.3, 0.4) is 0 Å². The molecule has 0 aliphatic carbocycles. The van der Waals surface area contributed by atoms with Crippen molar-refractivity contribution in [2.75, 3.05) is 14.1 Å². The van der Waals surface area contributed by atoms with Gasteiger partial charge in [0, 0.05) is 12.0 Å². The zero-order valence-electron chi connectivity index (χ0n) is 22.1. The molecular weight excluding hydrogens is 422 g/mol. The van der Waals surface area contributed by atoms with E-state index in [4.69, 9.17) is 9.47 Å². The molecule has 188 valence electrons. The Kier molecular flexibility index (Phi) is 12.2. The number of quaternary nitrogens is 1. The first-order chi connectivity index (χ1) is 16.4. The molecule has 0 bridgehead atoms. The third-order valence-corrected chi connectivity index (χ3v) is 6.64. The Labute approximate surface area is 207 Å². The predicted octanol–water partition coefficient (Wildman–Crippen LogP) is 7.30. The van der Waals surface area contributed by atoms with Crippen LogP contribution in [0.15, 0.2) is 54.6 Å². The van der Waals surface area contributed by atoms with Gasteiger partial charge in [-0.15, -0.1) is 0 Å². The van der Waals surface area contributed by atoms with Gasteiger partial charge in [-0.3, -0.25) is 0 Å². The topological polar surface area (TPSA) is 35.5 Å². The average Bonchev–Trinajstić information content (AvgIpc) is 2.83. The van der Waals surface area contributed by atoms with Crippen LogP contribution in [0, 0.1) is 0 Å². The highest BCUT2D eigenvalue weighted by Crippen LogP contribution is 2.21. The number of hydrogen-bond acceptors (Lipinski definition) is 3. The van der Waals surface area contributed by atoms with Crippen molar-refractivity contribution in [2.24, 2.45) is 0 Å². The maximum atomic E-state index is 13.0. The summed E-state index contributed by atoms with van der Waals surface area (Å²) in [6, 6.07) is 18.2. The van der Waals surface area contributed by atoms with Gasteiger partial charge in [-0.1, -0.05) is 94.8 Å². The second-order valence-electron chi connectivity index (χ2n) is 10.0. The summed E-state index contributed by atoms with van der Waals surface area (Å²) in [5, 5.41) is 0. The van der Waals surface area contributed by atoms with E-state index in [0.29, 0.717) is 10.9 Å². The number of carbonyl (C=O) groups is 1. The van der Waals surface area contributed by atoms with E-state index in [0.717, 1.165) is 18.7 Å². The molecule has 4 heteroatoms. The standard InChI is InChI=1S/C30H46NO3/c1-6-8-9-10-11-12-14-18-26-21-17-22-28(23-26)33-29(7-2)34-30(32)25(3)31(4,5)24-27-19-15-13-16-20-27/h13,15-17,19-23,25,29H,6-12,14,18,24H2,1-5H3/q+1. The highest BCUT2D eigenvalue weighted by molar-refractivity contribution is 5.74. The molecule has 0 saturated heterocycles. The highest BCUT2D eigenvalue weighted by Gasteiger charge is 2.33.